The summed E-state index contributed by atoms with van der Waals surface area (Å²) in [4.78, 5) is 14.7. The molecule has 2 aromatic rings. The molecule has 0 fully saturated rings. The number of nitrogens with one attached hydrogen (secondary N) is 1. The highest BCUT2D eigenvalue weighted by Crippen LogP contribution is 2.36. The van der Waals surface area contributed by atoms with Crippen molar-refractivity contribution in [1.29, 1.82) is 0 Å². The molecular formula is C16H15ClFNO2. The molecule has 1 unspecified atom stereocenters. The van der Waals surface area contributed by atoms with Crippen LogP contribution < -0.4 is 0 Å². The molecule has 3 nitrogen and oxygen atoms in total. The minimum atomic E-state index is -0.364. The Morgan fingerprint density at radius 1 is 1.43 bits per heavy atom. The van der Waals surface area contributed by atoms with Crippen molar-refractivity contribution in [3.05, 3.63) is 57.6 Å². The number of carbonyl (C=O) groups is 1. The number of fused-ring (bicyclic) bond motifs is 1. The summed E-state index contributed by atoms with van der Waals surface area (Å²) in [5.41, 5.74) is 3.54. The van der Waals surface area contributed by atoms with Crippen molar-refractivity contribution in [2.45, 2.75) is 25.2 Å². The molecule has 1 aromatic carbocycles. The Balaban J connectivity index is 1.83. The summed E-state index contributed by atoms with van der Waals surface area (Å²) in [6.45, 7) is 0. The third-order valence-corrected chi connectivity index (χ3v) is 4.14. The molecule has 1 atom stereocenters. The molecule has 0 spiro atoms. The number of rotatable bonds is 3. The van der Waals surface area contributed by atoms with Gasteiger partial charge in [-0.3, -0.25) is 0 Å². The number of benzene rings is 1. The number of methoxy groups -OCH3 is 1. The maximum Gasteiger partial charge on any atom is 0.354 e. The highest BCUT2D eigenvalue weighted by molar-refractivity contribution is 6.30. The predicted octanol–water partition coefficient (Wildman–Crippen LogP) is 3.87. The Morgan fingerprint density at radius 2 is 2.24 bits per heavy atom. The fourth-order valence-electron chi connectivity index (χ4n) is 3.00. The number of ether oxygens (including phenoxy) is 1. The summed E-state index contributed by atoms with van der Waals surface area (Å²) in [6.07, 6.45) is 2.58. The van der Waals surface area contributed by atoms with E-state index in [9.17, 15) is 9.18 Å². The van der Waals surface area contributed by atoms with Gasteiger partial charge in [0.25, 0.3) is 0 Å². The average molecular weight is 308 g/mol. The van der Waals surface area contributed by atoms with Crippen LogP contribution in [0.2, 0.25) is 5.02 Å². The van der Waals surface area contributed by atoms with E-state index in [1.54, 1.807) is 6.07 Å². The molecule has 0 radical (unpaired) electrons. The lowest BCUT2D eigenvalue weighted by molar-refractivity contribution is 0.0594. The molecule has 1 aliphatic rings. The fraction of sp³-hybridized carbons (Fsp3) is 0.312. The smallest absolute Gasteiger partial charge is 0.354 e. The van der Waals surface area contributed by atoms with E-state index in [-0.39, 0.29) is 17.7 Å². The van der Waals surface area contributed by atoms with Gasteiger partial charge < -0.3 is 9.72 Å². The van der Waals surface area contributed by atoms with Gasteiger partial charge in [-0.15, -0.1) is 0 Å². The fourth-order valence-corrected chi connectivity index (χ4v) is 3.25. The van der Waals surface area contributed by atoms with Gasteiger partial charge in [0.1, 0.15) is 11.5 Å². The van der Waals surface area contributed by atoms with Gasteiger partial charge >= 0.3 is 5.97 Å². The van der Waals surface area contributed by atoms with Crippen LogP contribution in [0.25, 0.3) is 0 Å². The Bertz CT molecular complexity index is 675. The van der Waals surface area contributed by atoms with Crippen LogP contribution in [-0.2, 0) is 17.6 Å². The van der Waals surface area contributed by atoms with Gasteiger partial charge in [-0.2, -0.15) is 0 Å². The second kappa shape index (κ2) is 5.53. The van der Waals surface area contributed by atoms with Gasteiger partial charge in [-0.1, -0.05) is 11.6 Å². The number of aromatic nitrogens is 1. The van der Waals surface area contributed by atoms with Crippen molar-refractivity contribution < 1.29 is 13.9 Å². The third-order valence-electron chi connectivity index (χ3n) is 3.93. The van der Waals surface area contributed by atoms with E-state index >= 15 is 0 Å². The van der Waals surface area contributed by atoms with Crippen molar-refractivity contribution in [2.24, 2.45) is 0 Å². The van der Waals surface area contributed by atoms with Crippen LogP contribution in [0, 0.1) is 5.82 Å². The first-order chi connectivity index (χ1) is 10.1. The summed E-state index contributed by atoms with van der Waals surface area (Å²) in [5, 5.41) is 0.410. The molecule has 1 aromatic heterocycles. The minimum Gasteiger partial charge on any atom is -0.464 e. The maximum atomic E-state index is 13.4. The van der Waals surface area contributed by atoms with Crippen LogP contribution in [0.15, 0.2) is 24.3 Å². The molecule has 5 heteroatoms. The number of H-pyrrole nitrogens is 1. The molecule has 0 saturated carbocycles. The van der Waals surface area contributed by atoms with Crippen LogP contribution in [0.4, 0.5) is 4.39 Å². The van der Waals surface area contributed by atoms with Crippen molar-refractivity contribution in [2.75, 3.05) is 7.11 Å². The lowest BCUT2D eigenvalue weighted by Crippen LogP contribution is -2.03. The SMILES string of the molecule is COC(=O)c1cc2c([nH]1)CCC2Cc1cc(F)cc(Cl)c1. The molecule has 0 aliphatic heterocycles. The zero-order valence-electron chi connectivity index (χ0n) is 11.6. The van der Waals surface area contributed by atoms with Crippen LogP contribution in [0.1, 0.15) is 39.6 Å². The van der Waals surface area contributed by atoms with Gasteiger partial charge in [0.05, 0.1) is 7.11 Å². The monoisotopic (exact) mass is 307 g/mol. The first kappa shape index (κ1) is 14.1. The molecule has 21 heavy (non-hydrogen) atoms. The molecule has 0 amide bonds. The highest BCUT2D eigenvalue weighted by atomic mass is 35.5. The van der Waals surface area contributed by atoms with Crippen LogP contribution in [0.3, 0.4) is 0 Å². The number of aryl methyl sites for hydroxylation is 1. The Hall–Kier alpha value is -1.81. The van der Waals surface area contributed by atoms with Gasteiger partial charge in [0.15, 0.2) is 0 Å². The van der Waals surface area contributed by atoms with Crippen molar-refractivity contribution in [1.82, 2.24) is 4.98 Å². The molecule has 1 N–H and O–H groups in total. The molecule has 0 bridgehead atoms. The van der Waals surface area contributed by atoms with Gasteiger partial charge in [-0.05, 0) is 60.6 Å². The summed E-state index contributed by atoms with van der Waals surface area (Å²) < 4.78 is 18.1. The predicted molar refractivity (Wildman–Crippen MR) is 78.3 cm³/mol. The topological polar surface area (TPSA) is 42.1 Å². The van der Waals surface area contributed by atoms with Crippen LogP contribution in [0.5, 0.6) is 0 Å². The number of carbonyl (C=O) groups excluding carboxylic acids is 1. The highest BCUT2D eigenvalue weighted by Gasteiger charge is 2.27. The third kappa shape index (κ3) is 2.81. The van der Waals surface area contributed by atoms with Gasteiger partial charge in [0, 0.05) is 10.7 Å². The number of halogens is 2. The molecule has 1 heterocycles. The zero-order valence-corrected chi connectivity index (χ0v) is 12.3. The Kier molecular flexibility index (Phi) is 3.72. The maximum absolute atomic E-state index is 13.4. The Labute approximate surface area is 127 Å². The second-order valence-corrected chi connectivity index (χ2v) is 5.76. The van der Waals surface area contributed by atoms with Crippen LogP contribution >= 0.6 is 11.6 Å². The lowest BCUT2D eigenvalue weighted by atomic mass is 9.94. The van der Waals surface area contributed by atoms with Crippen molar-refractivity contribution in [3.63, 3.8) is 0 Å². The van der Waals surface area contributed by atoms with E-state index in [0.29, 0.717) is 17.1 Å². The second-order valence-electron chi connectivity index (χ2n) is 5.33. The number of esters is 1. The van der Waals surface area contributed by atoms with Gasteiger partial charge in [-0.25, -0.2) is 9.18 Å². The van der Waals surface area contributed by atoms with Crippen LogP contribution in [-0.4, -0.2) is 18.1 Å². The largest absolute Gasteiger partial charge is 0.464 e. The van der Waals surface area contributed by atoms with E-state index < -0.39 is 0 Å². The summed E-state index contributed by atoms with van der Waals surface area (Å²) >= 11 is 5.89. The molecule has 1 aliphatic carbocycles. The molecule has 0 saturated heterocycles. The number of hydrogen-bond donors (Lipinski definition) is 1. The quantitative estimate of drug-likeness (QED) is 0.875. The summed E-state index contributed by atoms with van der Waals surface area (Å²) in [7, 11) is 1.36. The van der Waals surface area contributed by atoms with E-state index in [4.69, 9.17) is 16.3 Å². The molecule has 110 valence electrons. The van der Waals surface area contributed by atoms with E-state index in [2.05, 4.69) is 4.98 Å². The van der Waals surface area contributed by atoms with Crippen molar-refractivity contribution >= 4 is 17.6 Å². The summed E-state index contributed by atoms with van der Waals surface area (Å²) in [5.74, 6) is -0.412. The van der Waals surface area contributed by atoms with E-state index in [0.717, 1.165) is 29.7 Å². The number of hydrogen-bond acceptors (Lipinski definition) is 2. The normalized spacial score (nSPS) is 16.8. The standard InChI is InChI=1S/C16H15ClFNO2/c1-21-16(20)15-8-13-10(2-3-14(13)19-15)4-9-5-11(17)7-12(18)6-9/h5-8,10,19H,2-4H2,1H3. The van der Waals surface area contributed by atoms with Gasteiger partial charge in [0.2, 0.25) is 0 Å². The Morgan fingerprint density at radius 3 is 2.95 bits per heavy atom. The molecular weight excluding hydrogens is 293 g/mol. The molecule has 3 rings (SSSR count). The average Bonchev–Trinajstić information content (AvgIpc) is 2.99. The van der Waals surface area contributed by atoms with Crippen molar-refractivity contribution in [3.8, 4) is 0 Å². The zero-order chi connectivity index (χ0) is 15.0. The van der Waals surface area contributed by atoms with E-state index in [1.807, 2.05) is 6.07 Å². The van der Waals surface area contributed by atoms with E-state index in [1.165, 1.54) is 19.2 Å². The number of aromatic amines is 1. The minimum absolute atomic E-state index is 0.271. The first-order valence-corrected chi connectivity index (χ1v) is 7.19. The first-order valence-electron chi connectivity index (χ1n) is 6.82. The summed E-state index contributed by atoms with van der Waals surface area (Å²) in [6, 6.07) is 6.45. The lowest BCUT2D eigenvalue weighted by Gasteiger charge is -2.10.